The van der Waals surface area contributed by atoms with Crippen LogP contribution in [0.3, 0.4) is 0 Å². The zero-order valence-electron chi connectivity index (χ0n) is 13.5. The normalized spacial score (nSPS) is 10.7. The lowest BCUT2D eigenvalue weighted by Gasteiger charge is -2.16. The quantitative estimate of drug-likeness (QED) is 0.736. The van der Waals surface area contributed by atoms with Crippen molar-refractivity contribution in [3.8, 4) is 5.75 Å². The number of benzene rings is 2. The second kappa shape index (κ2) is 9.25. The minimum atomic E-state index is -0.437. The van der Waals surface area contributed by atoms with E-state index in [4.69, 9.17) is 16.3 Å². The molecule has 6 heteroatoms. The molecule has 1 N–H and O–H groups in total. The summed E-state index contributed by atoms with van der Waals surface area (Å²) in [6.45, 7) is 1.52. The first-order valence-corrected chi connectivity index (χ1v) is 8.03. The van der Waals surface area contributed by atoms with Crippen LogP contribution < -0.4 is 10.1 Å². The van der Waals surface area contributed by atoms with E-state index in [2.05, 4.69) is 5.32 Å². The highest BCUT2D eigenvalue weighted by Gasteiger charge is 2.09. The molecule has 4 nitrogen and oxygen atoms in total. The molecule has 128 valence electrons. The fourth-order valence-corrected chi connectivity index (χ4v) is 2.36. The Kier molecular flexibility index (Phi) is 7.03. The summed E-state index contributed by atoms with van der Waals surface area (Å²) in [5.74, 6) is 0.201. The van der Waals surface area contributed by atoms with Crippen LogP contribution in [0.1, 0.15) is 6.42 Å². The number of ether oxygens (including phenoxy) is 1. The molecule has 0 saturated carbocycles. The molecular weight excluding hydrogens is 331 g/mol. The van der Waals surface area contributed by atoms with Crippen LogP contribution in [0.4, 0.5) is 10.1 Å². The van der Waals surface area contributed by atoms with E-state index < -0.39 is 5.82 Å². The van der Waals surface area contributed by atoms with Crippen LogP contribution in [-0.2, 0) is 4.79 Å². The van der Waals surface area contributed by atoms with Crippen molar-refractivity contribution in [1.82, 2.24) is 4.90 Å². The minimum absolute atomic E-state index is 0.183. The van der Waals surface area contributed by atoms with Gasteiger partial charge >= 0.3 is 0 Å². The highest BCUT2D eigenvalue weighted by Crippen LogP contribution is 2.22. The number of rotatable bonds is 8. The zero-order chi connectivity index (χ0) is 17.4. The third-order valence-electron chi connectivity index (χ3n) is 3.31. The number of hydrogen-bond donors (Lipinski definition) is 1. The number of halogens is 2. The lowest BCUT2D eigenvalue weighted by Crippen LogP contribution is -2.31. The summed E-state index contributed by atoms with van der Waals surface area (Å²) in [5.41, 5.74) is 0.406. The van der Waals surface area contributed by atoms with Gasteiger partial charge in [-0.1, -0.05) is 29.8 Å². The molecule has 2 aromatic rings. The van der Waals surface area contributed by atoms with E-state index in [1.54, 1.807) is 0 Å². The molecule has 0 saturated heterocycles. The minimum Gasteiger partial charge on any atom is -0.494 e. The van der Waals surface area contributed by atoms with Gasteiger partial charge in [0.1, 0.15) is 11.6 Å². The summed E-state index contributed by atoms with van der Waals surface area (Å²) < 4.78 is 18.6. The lowest BCUT2D eigenvalue weighted by molar-refractivity contribution is -0.117. The fraction of sp³-hybridized carbons (Fsp3) is 0.278. The smallest absolute Gasteiger partial charge is 0.238 e. The Morgan fingerprint density at radius 2 is 2.00 bits per heavy atom. The van der Waals surface area contributed by atoms with Gasteiger partial charge < -0.3 is 10.1 Å². The summed E-state index contributed by atoms with van der Waals surface area (Å²) in [6, 6.07) is 13.5. The molecule has 0 bridgehead atoms. The molecule has 0 spiro atoms. The van der Waals surface area contributed by atoms with E-state index in [1.807, 2.05) is 42.3 Å². The largest absolute Gasteiger partial charge is 0.494 e. The Hall–Kier alpha value is -2.11. The van der Waals surface area contributed by atoms with Gasteiger partial charge in [0, 0.05) is 6.54 Å². The van der Waals surface area contributed by atoms with Crippen LogP contribution in [0.2, 0.25) is 5.02 Å². The van der Waals surface area contributed by atoms with Crippen LogP contribution >= 0.6 is 11.6 Å². The number of carbonyl (C=O) groups is 1. The SMILES string of the molecule is CN(CCCOc1ccccc1)CC(=O)Nc1ccc(F)cc1Cl. The van der Waals surface area contributed by atoms with Gasteiger partial charge in [-0.2, -0.15) is 0 Å². The fourth-order valence-electron chi connectivity index (χ4n) is 2.15. The van der Waals surface area contributed by atoms with Gasteiger partial charge in [0.25, 0.3) is 0 Å². The number of anilines is 1. The van der Waals surface area contributed by atoms with Gasteiger partial charge in [0.05, 0.1) is 23.9 Å². The number of carbonyl (C=O) groups excluding carboxylic acids is 1. The molecule has 0 aliphatic carbocycles. The van der Waals surface area contributed by atoms with Crippen molar-refractivity contribution < 1.29 is 13.9 Å². The van der Waals surface area contributed by atoms with Gasteiger partial charge in [-0.05, 0) is 43.8 Å². The Morgan fingerprint density at radius 3 is 2.71 bits per heavy atom. The Bertz CT molecular complexity index is 667. The van der Waals surface area contributed by atoms with Crippen LogP contribution in [-0.4, -0.2) is 37.6 Å². The maximum absolute atomic E-state index is 13.0. The molecule has 24 heavy (non-hydrogen) atoms. The Morgan fingerprint density at radius 1 is 1.25 bits per heavy atom. The molecule has 0 atom stereocenters. The van der Waals surface area contributed by atoms with E-state index in [0.29, 0.717) is 12.3 Å². The third kappa shape index (κ3) is 6.18. The average molecular weight is 351 g/mol. The van der Waals surface area contributed by atoms with Crippen molar-refractivity contribution in [1.29, 1.82) is 0 Å². The molecule has 0 aromatic heterocycles. The maximum atomic E-state index is 13.0. The first kappa shape index (κ1) is 18.2. The second-order valence-electron chi connectivity index (χ2n) is 5.43. The van der Waals surface area contributed by atoms with Crippen molar-refractivity contribution in [2.45, 2.75) is 6.42 Å². The number of likely N-dealkylation sites (N-methyl/N-ethyl adjacent to an activating group) is 1. The van der Waals surface area contributed by atoms with E-state index >= 15 is 0 Å². The molecule has 2 aromatic carbocycles. The first-order chi connectivity index (χ1) is 11.5. The predicted molar refractivity (Wildman–Crippen MR) is 94.1 cm³/mol. The monoisotopic (exact) mass is 350 g/mol. The average Bonchev–Trinajstić information content (AvgIpc) is 2.55. The number of amides is 1. The summed E-state index contributed by atoms with van der Waals surface area (Å²) in [4.78, 5) is 13.9. The lowest BCUT2D eigenvalue weighted by atomic mass is 10.3. The van der Waals surface area contributed by atoms with Gasteiger partial charge in [-0.3, -0.25) is 9.69 Å². The van der Waals surface area contributed by atoms with E-state index in [0.717, 1.165) is 18.7 Å². The summed E-state index contributed by atoms with van der Waals surface area (Å²) in [7, 11) is 1.86. The maximum Gasteiger partial charge on any atom is 0.238 e. The van der Waals surface area contributed by atoms with Crippen LogP contribution in [0.5, 0.6) is 5.75 Å². The van der Waals surface area contributed by atoms with Gasteiger partial charge in [-0.25, -0.2) is 4.39 Å². The summed E-state index contributed by atoms with van der Waals surface area (Å²) in [5, 5.41) is 2.86. The zero-order valence-corrected chi connectivity index (χ0v) is 14.2. The molecule has 0 unspecified atom stereocenters. The number of nitrogens with one attached hydrogen (secondary N) is 1. The van der Waals surface area contributed by atoms with E-state index in [1.165, 1.54) is 18.2 Å². The summed E-state index contributed by atoms with van der Waals surface area (Å²) in [6.07, 6.45) is 0.802. The molecule has 0 aliphatic heterocycles. The van der Waals surface area contributed by atoms with Crippen molar-refractivity contribution >= 4 is 23.2 Å². The highest BCUT2D eigenvalue weighted by molar-refractivity contribution is 6.33. The van der Waals surface area contributed by atoms with E-state index in [9.17, 15) is 9.18 Å². The highest BCUT2D eigenvalue weighted by atomic mass is 35.5. The Balaban J connectivity index is 1.68. The van der Waals surface area contributed by atoms with Crippen molar-refractivity contribution in [2.24, 2.45) is 0 Å². The van der Waals surface area contributed by atoms with Crippen molar-refractivity contribution in [3.63, 3.8) is 0 Å². The van der Waals surface area contributed by atoms with Crippen molar-refractivity contribution in [3.05, 3.63) is 59.4 Å². The topological polar surface area (TPSA) is 41.6 Å². The standard InChI is InChI=1S/C18H20ClFN2O2/c1-22(10-5-11-24-15-6-3-2-4-7-15)13-18(23)21-17-9-8-14(20)12-16(17)19/h2-4,6-9,12H,5,10-11,13H2,1H3,(H,21,23). The third-order valence-corrected chi connectivity index (χ3v) is 3.63. The Labute approximate surface area is 146 Å². The molecule has 0 fully saturated rings. The van der Waals surface area contributed by atoms with Gasteiger partial charge in [0.2, 0.25) is 5.91 Å². The predicted octanol–water partition coefficient (Wildman–Crippen LogP) is 3.82. The number of para-hydroxylation sites is 1. The first-order valence-electron chi connectivity index (χ1n) is 7.66. The number of nitrogens with zero attached hydrogens (tertiary/aromatic N) is 1. The van der Waals surface area contributed by atoms with Crippen LogP contribution in [0.25, 0.3) is 0 Å². The summed E-state index contributed by atoms with van der Waals surface area (Å²) >= 11 is 5.89. The molecule has 0 heterocycles. The molecular formula is C18H20ClFN2O2. The van der Waals surface area contributed by atoms with Crippen molar-refractivity contribution in [2.75, 3.05) is 32.1 Å². The van der Waals surface area contributed by atoms with Crippen LogP contribution in [0.15, 0.2) is 48.5 Å². The second-order valence-corrected chi connectivity index (χ2v) is 5.83. The van der Waals surface area contributed by atoms with Gasteiger partial charge in [0.15, 0.2) is 0 Å². The molecule has 2 rings (SSSR count). The van der Waals surface area contributed by atoms with Gasteiger partial charge in [-0.15, -0.1) is 0 Å². The number of hydrogen-bond acceptors (Lipinski definition) is 3. The van der Waals surface area contributed by atoms with Crippen LogP contribution in [0, 0.1) is 5.82 Å². The molecule has 0 aliphatic rings. The van der Waals surface area contributed by atoms with E-state index in [-0.39, 0.29) is 17.5 Å². The molecule has 1 amide bonds. The molecule has 0 radical (unpaired) electrons.